The second-order valence-electron chi connectivity index (χ2n) is 10.8. The Morgan fingerprint density at radius 3 is 1.55 bits per heavy atom. The van der Waals surface area contributed by atoms with E-state index in [0.717, 1.165) is 21.9 Å². The van der Waals surface area contributed by atoms with Crippen LogP contribution in [0.25, 0.3) is 86.3 Å². The van der Waals surface area contributed by atoms with Gasteiger partial charge in [-0.2, -0.15) is 0 Å². The molecule has 2 aromatic heterocycles. The molecule has 0 aliphatic carbocycles. The van der Waals surface area contributed by atoms with E-state index in [9.17, 15) is 0 Å². The van der Waals surface area contributed by atoms with Gasteiger partial charge in [0, 0.05) is 36.9 Å². The van der Waals surface area contributed by atoms with Gasteiger partial charge in [0.05, 0.1) is 0 Å². The Morgan fingerprint density at radius 2 is 0.905 bits per heavy atom. The summed E-state index contributed by atoms with van der Waals surface area (Å²) in [5.41, 5.74) is 8.00. The first-order valence-corrected chi connectivity index (χ1v) is 15.1. The van der Waals surface area contributed by atoms with Gasteiger partial charge < -0.3 is 4.42 Å². The van der Waals surface area contributed by atoms with Crippen LogP contribution in [-0.4, -0.2) is 0 Å². The second-order valence-corrected chi connectivity index (χ2v) is 11.9. The molecule has 1 nitrogen and oxygen atoms in total. The summed E-state index contributed by atoms with van der Waals surface area (Å²) in [5.74, 6) is 0. The molecule has 0 spiro atoms. The Kier molecular flexibility index (Phi) is 5.13. The third-order valence-corrected chi connectivity index (χ3v) is 9.60. The summed E-state index contributed by atoms with van der Waals surface area (Å²) in [6.07, 6.45) is 0. The molecule has 9 aromatic rings. The van der Waals surface area contributed by atoms with E-state index in [-0.39, 0.29) is 0 Å². The van der Waals surface area contributed by atoms with Crippen molar-refractivity contribution in [2.45, 2.75) is 0 Å². The van der Waals surface area contributed by atoms with Crippen LogP contribution in [-0.2, 0) is 0 Å². The molecule has 0 saturated carbocycles. The lowest BCUT2D eigenvalue weighted by Crippen LogP contribution is -1.91. The number of hydrogen-bond acceptors (Lipinski definition) is 2. The number of thiophene rings is 1. The van der Waals surface area contributed by atoms with Crippen LogP contribution >= 0.6 is 11.3 Å². The number of benzene rings is 7. The van der Waals surface area contributed by atoms with Gasteiger partial charge in [-0.25, -0.2) is 0 Å². The normalized spacial score (nSPS) is 11.8. The van der Waals surface area contributed by atoms with Crippen molar-refractivity contribution in [1.82, 2.24) is 0 Å². The lowest BCUT2D eigenvalue weighted by molar-refractivity contribution is 0.670. The molecular formula is C40H24OS. The molecule has 0 bridgehead atoms. The van der Waals surface area contributed by atoms with Crippen molar-refractivity contribution in [3.63, 3.8) is 0 Å². The molecule has 0 radical (unpaired) electrons. The Labute approximate surface area is 246 Å². The van der Waals surface area contributed by atoms with Crippen LogP contribution in [0.5, 0.6) is 0 Å². The Bertz CT molecular complexity index is 2390. The van der Waals surface area contributed by atoms with Gasteiger partial charge in [0.15, 0.2) is 0 Å². The first-order chi connectivity index (χ1) is 20.8. The van der Waals surface area contributed by atoms with Crippen molar-refractivity contribution < 1.29 is 4.42 Å². The minimum atomic E-state index is 0.921. The van der Waals surface area contributed by atoms with Gasteiger partial charge in [0.1, 0.15) is 11.2 Å². The molecule has 0 amide bonds. The van der Waals surface area contributed by atoms with Crippen molar-refractivity contribution in [2.24, 2.45) is 0 Å². The van der Waals surface area contributed by atoms with E-state index in [1.54, 1.807) is 0 Å². The van der Waals surface area contributed by atoms with Crippen molar-refractivity contribution in [2.75, 3.05) is 0 Å². The molecule has 0 saturated heterocycles. The van der Waals surface area contributed by atoms with Gasteiger partial charge >= 0.3 is 0 Å². The molecule has 42 heavy (non-hydrogen) atoms. The van der Waals surface area contributed by atoms with Gasteiger partial charge in [-0.05, 0) is 56.4 Å². The number of furan rings is 1. The van der Waals surface area contributed by atoms with E-state index in [4.69, 9.17) is 4.42 Å². The minimum absolute atomic E-state index is 0.921. The van der Waals surface area contributed by atoms with Crippen molar-refractivity contribution in [1.29, 1.82) is 0 Å². The zero-order chi connectivity index (χ0) is 27.6. The maximum atomic E-state index is 6.78. The zero-order valence-corrected chi connectivity index (χ0v) is 23.5. The molecule has 2 heteroatoms. The summed E-state index contributed by atoms with van der Waals surface area (Å²) < 4.78 is 8.05. The predicted octanol–water partition coefficient (Wildman–Crippen LogP) is 12.1. The molecule has 7 aromatic carbocycles. The SMILES string of the molecule is c1ccc(-c2cc3c(-c4c5ccccc5c(-c5ccccc5)c5ccccc45)c4oc5ccccc5c4cc3s2)cc1. The summed E-state index contributed by atoms with van der Waals surface area (Å²) in [5, 5.41) is 8.51. The maximum absolute atomic E-state index is 6.78. The van der Waals surface area contributed by atoms with Gasteiger partial charge in [0.2, 0.25) is 0 Å². The molecule has 0 N–H and O–H groups in total. The summed E-state index contributed by atoms with van der Waals surface area (Å²) in [4.78, 5) is 1.26. The fourth-order valence-corrected chi connectivity index (χ4v) is 7.78. The highest BCUT2D eigenvalue weighted by Gasteiger charge is 2.23. The third-order valence-electron chi connectivity index (χ3n) is 8.47. The Hall–Kier alpha value is -5.18. The van der Waals surface area contributed by atoms with Gasteiger partial charge in [-0.3, -0.25) is 0 Å². The average molecular weight is 553 g/mol. The lowest BCUT2D eigenvalue weighted by atomic mass is 9.84. The highest BCUT2D eigenvalue weighted by Crippen LogP contribution is 2.50. The summed E-state index contributed by atoms with van der Waals surface area (Å²) in [6.45, 7) is 0. The molecule has 0 aliphatic heterocycles. The summed E-state index contributed by atoms with van der Waals surface area (Å²) in [7, 11) is 0. The minimum Gasteiger partial charge on any atom is -0.455 e. The van der Waals surface area contributed by atoms with Crippen molar-refractivity contribution >= 4 is 64.9 Å². The van der Waals surface area contributed by atoms with Gasteiger partial charge in [0.25, 0.3) is 0 Å². The Balaban J connectivity index is 1.51. The second kappa shape index (κ2) is 9.17. The Morgan fingerprint density at radius 1 is 0.381 bits per heavy atom. The van der Waals surface area contributed by atoms with Crippen LogP contribution in [0, 0.1) is 0 Å². The number of fused-ring (bicyclic) bond motifs is 6. The maximum Gasteiger partial charge on any atom is 0.143 e. The quantitative estimate of drug-likeness (QED) is 0.199. The molecule has 196 valence electrons. The van der Waals surface area contributed by atoms with Gasteiger partial charge in [-0.1, -0.05) is 127 Å². The van der Waals surface area contributed by atoms with Crippen LogP contribution in [0.3, 0.4) is 0 Å². The van der Waals surface area contributed by atoms with Crippen LogP contribution in [0.15, 0.2) is 150 Å². The lowest BCUT2D eigenvalue weighted by Gasteiger charge is -2.18. The zero-order valence-electron chi connectivity index (χ0n) is 22.7. The van der Waals surface area contributed by atoms with E-state index in [2.05, 4.69) is 146 Å². The van der Waals surface area contributed by atoms with Crippen molar-refractivity contribution in [3.8, 4) is 32.7 Å². The molecule has 9 rings (SSSR count). The number of rotatable bonds is 3. The van der Waals surface area contributed by atoms with E-state index < -0.39 is 0 Å². The van der Waals surface area contributed by atoms with Crippen LogP contribution in [0.4, 0.5) is 0 Å². The summed E-state index contributed by atoms with van der Waals surface area (Å²) >= 11 is 1.86. The topological polar surface area (TPSA) is 13.1 Å². The predicted molar refractivity (Wildman–Crippen MR) is 180 cm³/mol. The smallest absolute Gasteiger partial charge is 0.143 e. The molecular weight excluding hydrogens is 529 g/mol. The van der Waals surface area contributed by atoms with E-state index in [1.165, 1.54) is 64.3 Å². The monoisotopic (exact) mass is 552 g/mol. The largest absolute Gasteiger partial charge is 0.455 e. The average Bonchev–Trinajstić information content (AvgIpc) is 3.65. The van der Waals surface area contributed by atoms with Crippen molar-refractivity contribution in [3.05, 3.63) is 146 Å². The highest BCUT2D eigenvalue weighted by molar-refractivity contribution is 7.22. The van der Waals surface area contributed by atoms with E-state index in [0.29, 0.717) is 0 Å². The number of hydrogen-bond donors (Lipinski definition) is 0. The fourth-order valence-electron chi connectivity index (χ4n) is 6.66. The van der Waals surface area contributed by atoms with Crippen LogP contribution in [0.1, 0.15) is 0 Å². The molecule has 2 heterocycles. The van der Waals surface area contributed by atoms with Crippen LogP contribution in [0.2, 0.25) is 0 Å². The standard InChI is InChI=1S/C40H24OS/c1-3-13-25(14-4-1)35-24-33-36(42-35)23-32-27-17-11-12-22-34(27)41-40(32)39(33)38-30-20-9-7-18-28(30)37(26-15-5-2-6-16-26)29-19-8-10-21-31(29)38/h1-24H. The fraction of sp³-hybridized carbons (Fsp3) is 0. The molecule has 0 unspecified atom stereocenters. The van der Waals surface area contributed by atoms with Gasteiger partial charge in [-0.15, -0.1) is 11.3 Å². The molecule has 0 aliphatic rings. The summed E-state index contributed by atoms with van der Waals surface area (Å²) in [6, 6.07) is 52.3. The third kappa shape index (κ3) is 3.43. The molecule has 0 fully saturated rings. The molecule has 0 atom stereocenters. The van der Waals surface area contributed by atoms with E-state index >= 15 is 0 Å². The van der Waals surface area contributed by atoms with Crippen LogP contribution < -0.4 is 0 Å². The number of para-hydroxylation sites is 1. The van der Waals surface area contributed by atoms with E-state index in [1.807, 2.05) is 11.3 Å². The first-order valence-electron chi connectivity index (χ1n) is 14.3. The highest BCUT2D eigenvalue weighted by atomic mass is 32.1. The first kappa shape index (κ1) is 23.5.